The van der Waals surface area contributed by atoms with E-state index >= 15 is 0 Å². The summed E-state index contributed by atoms with van der Waals surface area (Å²) in [4.78, 5) is 0. The Bertz CT molecular complexity index is 757. The molecular formula is C22H30B2F2O4. The summed E-state index contributed by atoms with van der Waals surface area (Å²) in [5, 5.41) is 0. The van der Waals surface area contributed by atoms with Crippen molar-refractivity contribution in [2.24, 2.45) is 0 Å². The van der Waals surface area contributed by atoms with Gasteiger partial charge in [-0.15, -0.1) is 0 Å². The van der Waals surface area contributed by atoms with Gasteiger partial charge in [0.15, 0.2) is 0 Å². The first-order chi connectivity index (χ1) is 13.6. The van der Waals surface area contributed by atoms with E-state index in [0.717, 1.165) is 0 Å². The lowest BCUT2D eigenvalue weighted by Crippen LogP contribution is -2.41. The molecule has 0 bridgehead atoms. The molecule has 0 aliphatic carbocycles. The van der Waals surface area contributed by atoms with Crippen LogP contribution in [0.4, 0.5) is 8.78 Å². The molecule has 1 aromatic carbocycles. The summed E-state index contributed by atoms with van der Waals surface area (Å²) in [6, 6.07) is 6.81. The summed E-state index contributed by atoms with van der Waals surface area (Å²) >= 11 is 0. The van der Waals surface area contributed by atoms with Crippen molar-refractivity contribution in [2.45, 2.75) is 77.8 Å². The van der Waals surface area contributed by atoms with Crippen LogP contribution in [0.15, 0.2) is 35.7 Å². The van der Waals surface area contributed by atoms with Gasteiger partial charge in [-0.2, -0.15) is 0 Å². The first-order valence-electron chi connectivity index (χ1n) is 10.2. The Morgan fingerprint density at radius 2 is 0.833 bits per heavy atom. The molecule has 30 heavy (non-hydrogen) atoms. The molecule has 2 aliphatic heterocycles. The van der Waals surface area contributed by atoms with Gasteiger partial charge in [-0.3, -0.25) is 0 Å². The molecule has 2 heterocycles. The maximum atomic E-state index is 14.6. The number of hydrogen-bond acceptors (Lipinski definition) is 4. The molecule has 2 aliphatic rings. The Labute approximate surface area is 178 Å². The van der Waals surface area contributed by atoms with Gasteiger partial charge in [0.25, 0.3) is 0 Å². The van der Waals surface area contributed by atoms with E-state index in [1.54, 1.807) is 24.3 Å². The van der Waals surface area contributed by atoms with Crippen molar-refractivity contribution in [1.29, 1.82) is 0 Å². The van der Waals surface area contributed by atoms with E-state index in [-0.39, 0.29) is 0 Å². The number of hydrogen-bond donors (Lipinski definition) is 0. The minimum Gasteiger partial charge on any atom is -0.398 e. The molecule has 0 spiro atoms. The molecule has 0 N–H and O–H groups in total. The van der Waals surface area contributed by atoms with Gasteiger partial charge in [-0.25, -0.2) is 8.78 Å². The van der Waals surface area contributed by atoms with Crippen molar-refractivity contribution < 1.29 is 27.4 Å². The molecule has 0 unspecified atom stereocenters. The van der Waals surface area contributed by atoms with Crippen LogP contribution in [0.3, 0.4) is 0 Å². The Kier molecular flexibility index (Phi) is 5.87. The third-order valence-corrected chi connectivity index (χ3v) is 6.50. The summed E-state index contributed by atoms with van der Waals surface area (Å²) in [6.07, 6.45) is 2.72. The molecule has 0 amide bonds. The summed E-state index contributed by atoms with van der Waals surface area (Å²) in [7, 11) is -2.09. The predicted molar refractivity (Wildman–Crippen MR) is 117 cm³/mol. The molecule has 0 atom stereocenters. The molecule has 8 heteroatoms. The van der Waals surface area contributed by atoms with Crippen LogP contribution in [0.1, 0.15) is 66.5 Å². The average molecular weight is 418 g/mol. The zero-order valence-corrected chi connectivity index (χ0v) is 19.0. The fourth-order valence-electron chi connectivity index (χ4n) is 3.05. The van der Waals surface area contributed by atoms with Crippen molar-refractivity contribution in [1.82, 2.24) is 0 Å². The van der Waals surface area contributed by atoms with E-state index in [1.165, 1.54) is 12.2 Å². The van der Waals surface area contributed by atoms with Gasteiger partial charge < -0.3 is 18.6 Å². The quantitative estimate of drug-likeness (QED) is 0.600. The van der Waals surface area contributed by atoms with Crippen molar-refractivity contribution in [3.63, 3.8) is 0 Å². The van der Waals surface area contributed by atoms with Crippen molar-refractivity contribution in [3.8, 4) is 0 Å². The molecule has 3 rings (SSSR count). The fourth-order valence-corrected chi connectivity index (χ4v) is 3.05. The highest BCUT2D eigenvalue weighted by Gasteiger charge is 2.54. The third-order valence-electron chi connectivity index (χ3n) is 6.50. The number of rotatable bonds is 4. The van der Waals surface area contributed by atoms with Crippen molar-refractivity contribution in [3.05, 3.63) is 46.8 Å². The van der Waals surface area contributed by atoms with Crippen molar-refractivity contribution in [2.75, 3.05) is 0 Å². The lowest BCUT2D eigenvalue weighted by molar-refractivity contribution is 0.00578. The smallest absolute Gasteiger partial charge is 0.398 e. The second-order valence-corrected chi connectivity index (χ2v) is 9.90. The average Bonchev–Trinajstić information content (AvgIpc) is 2.96. The maximum absolute atomic E-state index is 14.6. The second-order valence-electron chi connectivity index (χ2n) is 9.90. The minimum atomic E-state index is -1.05. The predicted octanol–water partition coefficient (Wildman–Crippen LogP) is 5.57. The van der Waals surface area contributed by atoms with Crippen LogP contribution in [-0.4, -0.2) is 36.6 Å². The normalized spacial score (nSPS) is 25.1. The first kappa shape index (κ1) is 23.2. The van der Waals surface area contributed by atoms with E-state index in [9.17, 15) is 8.78 Å². The zero-order valence-electron chi connectivity index (χ0n) is 19.0. The summed E-state index contributed by atoms with van der Waals surface area (Å²) in [5.74, 6) is 0. The Morgan fingerprint density at radius 3 is 1.07 bits per heavy atom. The van der Waals surface area contributed by atoms with Crippen LogP contribution in [0.25, 0.3) is 12.2 Å². The van der Waals surface area contributed by atoms with Crippen LogP contribution in [0.2, 0.25) is 0 Å². The van der Waals surface area contributed by atoms with E-state index < -0.39 is 48.1 Å². The monoisotopic (exact) mass is 418 g/mol. The minimum absolute atomic E-state index is 0.514. The fraction of sp³-hybridized carbons (Fsp3) is 0.545. The van der Waals surface area contributed by atoms with Gasteiger partial charge in [0, 0.05) is 0 Å². The molecule has 2 saturated heterocycles. The standard InChI is InChI=1S/C22H30B2F2O4/c1-19(2)20(3,4)28-23(27-19)17(25)13-15-9-11-16(12-10-15)14-18(26)24-29-21(5,6)22(7,8)30-24/h9-14H,1-8H3/b17-13-,18-14-. The number of halogens is 2. The summed E-state index contributed by atoms with van der Waals surface area (Å²) in [5.41, 5.74) is -2.22. The topological polar surface area (TPSA) is 36.9 Å². The molecule has 162 valence electrons. The number of benzene rings is 1. The first-order valence-corrected chi connectivity index (χ1v) is 10.2. The van der Waals surface area contributed by atoms with Gasteiger partial charge in [0.2, 0.25) is 0 Å². The van der Waals surface area contributed by atoms with Crippen molar-refractivity contribution >= 4 is 26.4 Å². The van der Waals surface area contributed by atoms with Gasteiger partial charge >= 0.3 is 14.2 Å². The Morgan fingerprint density at radius 1 is 0.600 bits per heavy atom. The highest BCUT2D eigenvalue weighted by atomic mass is 19.1. The van der Waals surface area contributed by atoms with Gasteiger partial charge in [0.05, 0.1) is 22.4 Å². The van der Waals surface area contributed by atoms with Crippen LogP contribution in [-0.2, 0) is 18.6 Å². The second kappa shape index (κ2) is 7.59. The van der Waals surface area contributed by atoms with E-state index in [1.807, 2.05) is 55.4 Å². The van der Waals surface area contributed by atoms with Crippen LogP contribution < -0.4 is 0 Å². The lowest BCUT2D eigenvalue weighted by atomic mass is 9.86. The third kappa shape index (κ3) is 4.42. The van der Waals surface area contributed by atoms with Crippen LogP contribution in [0.5, 0.6) is 0 Å². The Balaban J connectivity index is 1.70. The SMILES string of the molecule is CC1(C)OB(/C(F)=C/c2ccc(/C=C(\F)B3OC(C)(C)C(C)(C)O3)cc2)OC1(C)C. The highest BCUT2D eigenvalue weighted by Crippen LogP contribution is 2.40. The molecule has 0 radical (unpaired) electrons. The largest absolute Gasteiger partial charge is 0.525 e. The van der Waals surface area contributed by atoms with Gasteiger partial charge in [-0.1, -0.05) is 24.3 Å². The summed E-state index contributed by atoms with van der Waals surface area (Å²) in [6.45, 7) is 15.0. The van der Waals surface area contributed by atoms with E-state index in [2.05, 4.69) is 0 Å². The van der Waals surface area contributed by atoms with Gasteiger partial charge in [0.1, 0.15) is 11.5 Å². The molecule has 0 aromatic heterocycles. The maximum Gasteiger partial charge on any atom is 0.525 e. The summed E-state index contributed by atoms with van der Waals surface area (Å²) < 4.78 is 52.1. The molecule has 4 nitrogen and oxygen atoms in total. The molecule has 0 saturated carbocycles. The van der Waals surface area contributed by atoms with Crippen LogP contribution >= 0.6 is 0 Å². The molecular weight excluding hydrogens is 388 g/mol. The highest BCUT2D eigenvalue weighted by molar-refractivity contribution is 6.55. The van der Waals surface area contributed by atoms with E-state index in [0.29, 0.717) is 11.1 Å². The molecule has 2 fully saturated rings. The lowest BCUT2D eigenvalue weighted by Gasteiger charge is -2.32. The van der Waals surface area contributed by atoms with E-state index in [4.69, 9.17) is 18.6 Å². The zero-order chi connectivity index (χ0) is 22.5. The van der Waals surface area contributed by atoms with Gasteiger partial charge in [-0.05, 0) is 78.7 Å². The Hall–Kier alpha value is -1.47. The molecule has 1 aromatic rings. The van der Waals surface area contributed by atoms with Crippen LogP contribution in [0, 0.1) is 0 Å².